The maximum Gasteiger partial charge on any atom is 0.472 e. The molecule has 4 saturated heterocycles. The fourth-order valence-electron chi connectivity index (χ4n) is 10.4. The Labute approximate surface area is 514 Å². The smallest absolute Gasteiger partial charge is 0.387 e. The van der Waals surface area contributed by atoms with Gasteiger partial charge in [0.2, 0.25) is 0 Å². The summed E-state index contributed by atoms with van der Waals surface area (Å²) in [4.78, 5) is 120. The van der Waals surface area contributed by atoms with Crippen LogP contribution in [0.25, 0.3) is 44.7 Å². The molecule has 3 unspecified atom stereocenters. The van der Waals surface area contributed by atoms with Crippen molar-refractivity contribution in [3.63, 3.8) is 0 Å². The molecule has 504 valence electrons. The lowest BCUT2D eigenvalue weighted by molar-refractivity contribution is -0.0655. The van der Waals surface area contributed by atoms with Crippen molar-refractivity contribution in [2.24, 2.45) is 0 Å². The van der Waals surface area contributed by atoms with Gasteiger partial charge in [0.1, 0.15) is 121 Å². The Balaban J connectivity index is 0.757. The first-order chi connectivity index (χ1) is 43.8. The second-order valence-corrected chi connectivity index (χ2v) is 27.1. The number of aliphatic hydroxyl groups excluding tert-OH is 4. The summed E-state index contributed by atoms with van der Waals surface area (Å²) < 4.78 is 135. The molecule has 0 amide bonds. The summed E-state index contributed by atoms with van der Waals surface area (Å²) in [6.45, 7) is -4.43. The molecule has 0 aromatic carbocycles. The highest BCUT2D eigenvalue weighted by molar-refractivity contribution is 7.48. The monoisotopic (exact) mass is 1410 g/mol. The normalized spacial score (nSPS) is 30.7. The van der Waals surface area contributed by atoms with Gasteiger partial charge in [-0.3, -0.25) is 54.5 Å². The van der Waals surface area contributed by atoms with Gasteiger partial charge < -0.3 is 96.6 Å². The molecule has 19 atom stereocenters. The number of aromatic nitrogens is 16. The minimum atomic E-state index is -5.68. The van der Waals surface area contributed by atoms with Gasteiger partial charge in [0.15, 0.2) is 70.8 Å². The van der Waals surface area contributed by atoms with Gasteiger partial charge in [-0.05, 0) is 0 Å². The Morgan fingerprint density at radius 3 is 0.828 bits per heavy atom. The van der Waals surface area contributed by atoms with Crippen LogP contribution in [-0.2, 0) is 78.0 Å². The molecule has 12 rings (SSSR count). The summed E-state index contributed by atoms with van der Waals surface area (Å²) in [7, 11) is -27.4. The highest BCUT2D eigenvalue weighted by Gasteiger charge is 2.56. The van der Waals surface area contributed by atoms with E-state index in [1.165, 1.54) is 0 Å². The molecule has 4 fully saturated rings. The zero-order valence-electron chi connectivity index (χ0n) is 46.2. The first kappa shape index (κ1) is 66.6. The van der Waals surface area contributed by atoms with Gasteiger partial charge in [0.25, 0.3) is 0 Å². The Bertz CT molecular complexity index is 4350. The standard InChI is InChI=1S/C40H51N20O28P5/c41-29-17-33(49-5-45-29)57(9-53-17)37-25(85-90(68,69)70)21(61)14(82-37)2-78-91(71,72)87-27-23(63)16(84-39(27)59-11-55-19-31(43)47-7-51-35(19)59)4-80-93(75,76)88-28-24(64)15(83-40(28)60-12-56-20-32(44)48-8-52-36(20)60)3-79-92(73,74)86-26-22(62)13(1-77-89(65,66)67)81-38(26)58-10-54-18-30(42)46-6-50-34(18)58/h5-16,21-28,37-40,61-64H,1-4H2,(H,71,72)(H,73,74)(H,75,76)(H2,41,45,49)(H2,42,46,50)(H2,43,47,51)(H2,44,48,52)(H2,65,66,67)(H2,68,69,70)/t13-,14-,15-,16-,21-,22-,23-,24-,25-,26-,27+,28+,37-,38-,39-,40-/m1/s1. The van der Waals surface area contributed by atoms with E-state index in [0.717, 1.165) is 68.9 Å². The van der Waals surface area contributed by atoms with E-state index in [9.17, 15) is 77.5 Å². The number of phosphoric ester groups is 5. The van der Waals surface area contributed by atoms with Crippen molar-refractivity contribution < 1.29 is 133 Å². The minimum Gasteiger partial charge on any atom is -0.387 e. The average Bonchev–Trinajstić information content (AvgIpc) is 1.64. The Hall–Kier alpha value is -6.37. The maximum absolute atomic E-state index is 14.2. The first-order valence-electron chi connectivity index (χ1n) is 26.3. The third-order valence-electron chi connectivity index (χ3n) is 14.5. The number of hydrogen-bond acceptors (Lipinski definition) is 37. The number of nitrogens with zero attached hydrogens (tertiary/aromatic N) is 16. The predicted molar refractivity (Wildman–Crippen MR) is 295 cm³/mol. The van der Waals surface area contributed by atoms with E-state index < -0.39 is 164 Å². The molecular formula is C40H51N20O28P5. The summed E-state index contributed by atoms with van der Waals surface area (Å²) in [5, 5.41) is 46.3. The molecule has 0 radical (unpaired) electrons. The molecule has 4 aliphatic rings. The van der Waals surface area contributed by atoms with Crippen LogP contribution in [-0.4, -0.2) is 232 Å². The van der Waals surface area contributed by atoms with E-state index >= 15 is 0 Å². The van der Waals surface area contributed by atoms with Gasteiger partial charge in [0, 0.05) is 0 Å². The van der Waals surface area contributed by atoms with E-state index in [0.29, 0.717) is 0 Å². The van der Waals surface area contributed by atoms with E-state index in [4.69, 9.17) is 73.5 Å². The number of rotatable bonds is 24. The number of phosphoric acid groups is 5. The zero-order valence-corrected chi connectivity index (χ0v) is 50.7. The van der Waals surface area contributed by atoms with Crippen LogP contribution in [0.5, 0.6) is 0 Å². The first-order valence-corrected chi connectivity index (χ1v) is 33.9. The summed E-state index contributed by atoms with van der Waals surface area (Å²) in [5.74, 6) is -0.560. The predicted octanol–water partition coefficient (Wildman–Crippen LogP) is -4.20. The molecular weight excluding hydrogens is 1360 g/mol. The lowest BCUT2D eigenvalue weighted by Crippen LogP contribution is -2.37. The quantitative estimate of drug-likeness (QED) is 0.0255. The van der Waals surface area contributed by atoms with E-state index in [1.807, 2.05) is 0 Å². The van der Waals surface area contributed by atoms with Crippen LogP contribution in [0.4, 0.5) is 23.3 Å². The second kappa shape index (κ2) is 25.3. The molecule has 4 aliphatic heterocycles. The van der Waals surface area contributed by atoms with E-state index in [1.54, 1.807) is 0 Å². The zero-order chi connectivity index (χ0) is 66.4. The lowest BCUT2D eigenvalue weighted by atomic mass is 10.1. The third kappa shape index (κ3) is 13.6. The van der Waals surface area contributed by atoms with Gasteiger partial charge in [-0.2, -0.15) is 0 Å². The molecule has 8 aromatic rings. The molecule has 12 heterocycles. The maximum atomic E-state index is 14.2. The molecule has 0 bridgehead atoms. The number of imidazole rings is 4. The van der Waals surface area contributed by atoms with Crippen molar-refractivity contribution in [3.05, 3.63) is 50.6 Å². The molecule has 8 aromatic heterocycles. The molecule has 0 aliphatic carbocycles. The summed E-state index contributed by atoms with van der Waals surface area (Å²) in [5.41, 5.74) is 23.4. The van der Waals surface area contributed by atoms with Gasteiger partial charge >= 0.3 is 39.1 Å². The van der Waals surface area contributed by atoms with Gasteiger partial charge in [-0.1, -0.05) is 0 Å². The number of nitrogens with two attached hydrogens (primary N) is 4. The van der Waals surface area contributed by atoms with Crippen LogP contribution >= 0.6 is 39.1 Å². The fraction of sp³-hybridized carbons (Fsp3) is 0.500. The second-order valence-electron chi connectivity index (χ2n) is 20.4. The number of anilines is 4. The van der Waals surface area contributed by atoms with Crippen molar-refractivity contribution in [2.45, 2.75) is 98.2 Å². The third-order valence-corrected chi connectivity index (χ3v) is 18.5. The number of ether oxygens (including phenoxy) is 4. The van der Waals surface area contributed by atoms with Crippen LogP contribution in [0.3, 0.4) is 0 Å². The van der Waals surface area contributed by atoms with Crippen molar-refractivity contribution in [1.82, 2.24) is 78.1 Å². The number of nitrogen functional groups attached to an aromatic ring is 4. The summed E-state index contributed by atoms with van der Waals surface area (Å²) >= 11 is 0. The molecule has 0 spiro atoms. The molecule has 0 saturated carbocycles. The minimum absolute atomic E-state index is 0.000116. The average molecular weight is 1410 g/mol. The molecule has 53 heteroatoms. The van der Waals surface area contributed by atoms with Crippen LogP contribution in [0.1, 0.15) is 24.9 Å². The van der Waals surface area contributed by atoms with Gasteiger partial charge in [-0.25, -0.2) is 82.6 Å². The Kier molecular flexibility index (Phi) is 18.1. The number of fused-ring (bicyclic) bond motifs is 4. The van der Waals surface area contributed by atoms with Gasteiger partial charge in [0.05, 0.1) is 51.7 Å². The van der Waals surface area contributed by atoms with Gasteiger partial charge in [-0.15, -0.1) is 0 Å². The lowest BCUT2D eigenvalue weighted by Gasteiger charge is -2.25. The number of hydrogen-bond donors (Lipinski definition) is 15. The Morgan fingerprint density at radius 2 is 0.591 bits per heavy atom. The molecule has 93 heavy (non-hydrogen) atoms. The highest BCUT2D eigenvalue weighted by atomic mass is 31.2. The largest absolute Gasteiger partial charge is 0.472 e. The van der Waals surface area contributed by atoms with Crippen LogP contribution < -0.4 is 22.9 Å². The Morgan fingerprint density at radius 1 is 0.355 bits per heavy atom. The van der Waals surface area contributed by atoms with Crippen molar-refractivity contribution in [1.29, 1.82) is 0 Å². The molecule has 19 N–H and O–H groups in total. The topological polar surface area (TPSA) is 697 Å². The van der Waals surface area contributed by atoms with Crippen LogP contribution in [0.15, 0.2) is 50.6 Å². The molecule has 48 nitrogen and oxygen atoms in total. The van der Waals surface area contributed by atoms with Crippen LogP contribution in [0.2, 0.25) is 0 Å². The van der Waals surface area contributed by atoms with E-state index in [2.05, 4.69) is 64.3 Å². The van der Waals surface area contributed by atoms with Crippen LogP contribution in [0, 0.1) is 0 Å². The summed E-state index contributed by atoms with van der Waals surface area (Å²) in [6, 6.07) is 0. The van der Waals surface area contributed by atoms with E-state index in [-0.39, 0.29) is 67.9 Å². The van der Waals surface area contributed by atoms with Crippen molar-refractivity contribution >= 4 is 107 Å². The highest BCUT2D eigenvalue weighted by Crippen LogP contribution is 2.55. The number of aliphatic hydroxyl groups is 4. The van der Waals surface area contributed by atoms with Crippen molar-refractivity contribution in [2.75, 3.05) is 49.4 Å². The summed E-state index contributed by atoms with van der Waals surface area (Å²) in [6.07, 6.45) is -22.3. The van der Waals surface area contributed by atoms with Crippen molar-refractivity contribution in [3.8, 4) is 0 Å². The SMILES string of the molecule is Nc1ncnc2c1ncn2[C@@H]1O[C@H](COP(=O)(O)O[C@H]2[C@H](O)[C@@H](COP(=O)(O)O[C@H]3[C@H](O)[C@@H](COP(=O)(O)O[C@@H]4[C@H](O)[C@@H](COP(=O)(O)O)O[C@H]4n4cnc5c(N)ncnc54)O[C@H]3n3cnc4c(N)ncnc43)O[C@H]2n2cnc3c(N)ncnc32)[C@@H](O)[C@H]1OP(=O)(O)O. The fourth-order valence-corrected chi connectivity index (χ4v) is 14.1.